The largest absolute Gasteiger partial charge is 0.469 e. The zero-order valence-electron chi connectivity index (χ0n) is 11.2. The molecule has 6 heteroatoms. The number of hydrogen-bond acceptors (Lipinski definition) is 4. The molecule has 106 valence electrons. The number of thioether (sulfide) groups is 1. The minimum atomic E-state index is -0.594. The van der Waals surface area contributed by atoms with Gasteiger partial charge in [0, 0.05) is 32.3 Å². The maximum atomic E-state index is 10.2. The molecule has 0 radical (unpaired) electrons. The van der Waals surface area contributed by atoms with Crippen LogP contribution in [0.5, 0.6) is 0 Å². The van der Waals surface area contributed by atoms with Gasteiger partial charge in [0.25, 0.3) is 0 Å². The first-order valence-corrected chi connectivity index (χ1v) is 7.64. The van der Waals surface area contributed by atoms with Gasteiger partial charge < -0.3 is 20.2 Å². The van der Waals surface area contributed by atoms with E-state index in [0.717, 1.165) is 42.6 Å². The summed E-state index contributed by atoms with van der Waals surface area (Å²) in [6, 6.07) is 3.84. The van der Waals surface area contributed by atoms with Crippen LogP contribution in [0.15, 0.2) is 27.8 Å². The first-order valence-electron chi connectivity index (χ1n) is 6.49. The van der Waals surface area contributed by atoms with Crippen molar-refractivity contribution in [1.29, 1.82) is 0 Å². The van der Waals surface area contributed by atoms with Crippen molar-refractivity contribution in [2.24, 2.45) is 4.99 Å². The molecule has 2 rings (SSSR count). The van der Waals surface area contributed by atoms with E-state index in [-0.39, 0.29) is 0 Å². The van der Waals surface area contributed by atoms with Crippen molar-refractivity contribution in [2.75, 3.05) is 31.6 Å². The lowest BCUT2D eigenvalue weighted by Crippen LogP contribution is -2.47. The van der Waals surface area contributed by atoms with Crippen molar-refractivity contribution in [3.05, 3.63) is 24.2 Å². The number of furan rings is 1. The molecule has 1 fully saturated rings. The van der Waals surface area contributed by atoms with E-state index in [1.807, 2.05) is 12.1 Å². The second-order valence-electron chi connectivity index (χ2n) is 4.71. The number of guanidine groups is 1. The zero-order chi connectivity index (χ0) is 13.6. The predicted molar refractivity (Wildman–Crippen MR) is 78.7 cm³/mol. The summed E-state index contributed by atoms with van der Waals surface area (Å²) >= 11 is 1.79. The average molecular weight is 283 g/mol. The van der Waals surface area contributed by atoms with Crippen LogP contribution in [0.2, 0.25) is 0 Å². The van der Waals surface area contributed by atoms with Gasteiger partial charge in [0.15, 0.2) is 5.96 Å². The van der Waals surface area contributed by atoms with Crippen LogP contribution in [0, 0.1) is 0 Å². The summed E-state index contributed by atoms with van der Waals surface area (Å²) in [5.74, 6) is 3.50. The molecule has 1 aromatic rings. The monoisotopic (exact) mass is 283 g/mol. The van der Waals surface area contributed by atoms with Gasteiger partial charge in [-0.05, 0) is 24.3 Å². The normalized spacial score (nSPS) is 23.6. The SMILES string of the molecule is CN=C(NCCc1ccco1)NCC1(O)CCSC1. The molecule has 1 saturated heterocycles. The Morgan fingerprint density at radius 3 is 3.11 bits per heavy atom. The number of hydrogen-bond donors (Lipinski definition) is 3. The Hall–Kier alpha value is -1.14. The molecule has 5 nitrogen and oxygen atoms in total. The summed E-state index contributed by atoms with van der Waals surface area (Å²) in [4.78, 5) is 4.14. The van der Waals surface area contributed by atoms with Crippen molar-refractivity contribution >= 4 is 17.7 Å². The Morgan fingerprint density at radius 1 is 1.58 bits per heavy atom. The second kappa shape index (κ2) is 6.86. The molecule has 0 saturated carbocycles. The van der Waals surface area contributed by atoms with Crippen molar-refractivity contribution < 1.29 is 9.52 Å². The fraction of sp³-hybridized carbons (Fsp3) is 0.615. The van der Waals surface area contributed by atoms with Crippen LogP contribution in [0.3, 0.4) is 0 Å². The minimum absolute atomic E-state index is 0.542. The molecule has 1 aromatic heterocycles. The predicted octanol–water partition coefficient (Wildman–Crippen LogP) is 0.855. The fourth-order valence-corrected chi connectivity index (χ4v) is 3.26. The smallest absolute Gasteiger partial charge is 0.191 e. The number of aliphatic hydroxyl groups is 1. The minimum Gasteiger partial charge on any atom is -0.469 e. The summed E-state index contributed by atoms with van der Waals surface area (Å²) in [5.41, 5.74) is -0.594. The summed E-state index contributed by atoms with van der Waals surface area (Å²) in [6.07, 6.45) is 3.33. The highest BCUT2D eigenvalue weighted by Gasteiger charge is 2.31. The van der Waals surface area contributed by atoms with Crippen LogP contribution in [0.4, 0.5) is 0 Å². The van der Waals surface area contributed by atoms with Gasteiger partial charge in [0.2, 0.25) is 0 Å². The van der Waals surface area contributed by atoms with E-state index in [9.17, 15) is 5.11 Å². The summed E-state index contributed by atoms with van der Waals surface area (Å²) in [6.45, 7) is 1.29. The fourth-order valence-electron chi connectivity index (χ4n) is 1.96. The lowest BCUT2D eigenvalue weighted by molar-refractivity contribution is 0.0724. The molecule has 2 heterocycles. The van der Waals surface area contributed by atoms with Crippen molar-refractivity contribution in [3.8, 4) is 0 Å². The highest BCUT2D eigenvalue weighted by Crippen LogP contribution is 2.26. The third-order valence-corrected chi connectivity index (χ3v) is 4.37. The van der Waals surface area contributed by atoms with E-state index in [0.29, 0.717) is 6.54 Å². The molecule has 1 unspecified atom stereocenters. The second-order valence-corrected chi connectivity index (χ2v) is 5.81. The molecule has 3 N–H and O–H groups in total. The number of nitrogens with one attached hydrogen (secondary N) is 2. The van der Waals surface area contributed by atoms with E-state index in [1.54, 1.807) is 25.1 Å². The lowest BCUT2D eigenvalue weighted by atomic mass is 10.0. The molecule has 0 aliphatic carbocycles. The van der Waals surface area contributed by atoms with Gasteiger partial charge in [-0.2, -0.15) is 11.8 Å². The van der Waals surface area contributed by atoms with Gasteiger partial charge in [-0.25, -0.2) is 0 Å². The molecule has 0 spiro atoms. The van der Waals surface area contributed by atoms with E-state index in [1.165, 1.54) is 0 Å². The lowest BCUT2D eigenvalue weighted by Gasteiger charge is -2.23. The van der Waals surface area contributed by atoms with Crippen LogP contribution in [-0.2, 0) is 6.42 Å². The highest BCUT2D eigenvalue weighted by molar-refractivity contribution is 7.99. The summed E-state index contributed by atoms with van der Waals surface area (Å²) < 4.78 is 5.26. The third kappa shape index (κ3) is 4.47. The Labute approximate surface area is 117 Å². The maximum absolute atomic E-state index is 10.2. The molecule has 0 amide bonds. The van der Waals surface area contributed by atoms with Gasteiger partial charge in [-0.15, -0.1) is 0 Å². The van der Waals surface area contributed by atoms with Crippen molar-refractivity contribution in [3.63, 3.8) is 0 Å². The maximum Gasteiger partial charge on any atom is 0.191 e. The Morgan fingerprint density at radius 2 is 2.47 bits per heavy atom. The van der Waals surface area contributed by atoms with Crippen LogP contribution in [0.25, 0.3) is 0 Å². The van der Waals surface area contributed by atoms with Gasteiger partial charge in [-0.1, -0.05) is 0 Å². The number of nitrogens with zero attached hydrogens (tertiary/aromatic N) is 1. The molecule has 1 aliphatic heterocycles. The van der Waals surface area contributed by atoms with Crippen LogP contribution < -0.4 is 10.6 Å². The quantitative estimate of drug-likeness (QED) is 0.552. The number of rotatable bonds is 5. The number of aliphatic imine (C=N–C) groups is 1. The van der Waals surface area contributed by atoms with Crippen LogP contribution >= 0.6 is 11.8 Å². The third-order valence-electron chi connectivity index (χ3n) is 3.13. The van der Waals surface area contributed by atoms with Crippen LogP contribution in [-0.4, -0.2) is 48.3 Å². The van der Waals surface area contributed by atoms with Gasteiger partial charge in [0.1, 0.15) is 5.76 Å². The first-order chi connectivity index (χ1) is 9.22. The Balaban J connectivity index is 1.68. The molecule has 0 bridgehead atoms. The Bertz CT molecular complexity index is 400. The van der Waals surface area contributed by atoms with E-state index >= 15 is 0 Å². The van der Waals surface area contributed by atoms with Crippen molar-refractivity contribution in [2.45, 2.75) is 18.4 Å². The van der Waals surface area contributed by atoms with Gasteiger partial charge >= 0.3 is 0 Å². The average Bonchev–Trinajstić information content (AvgIpc) is 3.06. The molecule has 1 atom stereocenters. The standard InChI is InChI=1S/C13H21N3O2S/c1-14-12(15-6-4-11-3-2-7-18-11)16-9-13(17)5-8-19-10-13/h2-3,7,17H,4-6,8-10H2,1H3,(H2,14,15,16). The summed E-state index contributed by atoms with van der Waals surface area (Å²) in [7, 11) is 1.73. The zero-order valence-corrected chi connectivity index (χ0v) is 12.0. The van der Waals surface area contributed by atoms with Gasteiger partial charge in [0.05, 0.1) is 11.9 Å². The molecular weight excluding hydrogens is 262 g/mol. The van der Waals surface area contributed by atoms with E-state index in [2.05, 4.69) is 15.6 Å². The van der Waals surface area contributed by atoms with Crippen LogP contribution in [0.1, 0.15) is 12.2 Å². The molecule has 1 aliphatic rings. The Kier molecular flexibility index (Phi) is 5.15. The van der Waals surface area contributed by atoms with Gasteiger partial charge in [-0.3, -0.25) is 4.99 Å². The molecular formula is C13H21N3O2S. The molecule has 19 heavy (non-hydrogen) atoms. The topological polar surface area (TPSA) is 69.8 Å². The first kappa shape index (κ1) is 14.3. The summed E-state index contributed by atoms with van der Waals surface area (Å²) in [5, 5.41) is 16.6. The van der Waals surface area contributed by atoms with E-state index in [4.69, 9.17) is 4.42 Å². The van der Waals surface area contributed by atoms with E-state index < -0.39 is 5.60 Å². The van der Waals surface area contributed by atoms with Crippen molar-refractivity contribution in [1.82, 2.24) is 10.6 Å². The highest BCUT2D eigenvalue weighted by atomic mass is 32.2. The molecule has 0 aromatic carbocycles.